The lowest BCUT2D eigenvalue weighted by atomic mass is 9.72. The molecule has 1 aliphatic carbocycles. The van der Waals surface area contributed by atoms with Crippen LogP contribution in [0.15, 0.2) is 48.7 Å². The molecule has 0 bridgehead atoms. The lowest BCUT2D eigenvalue weighted by molar-refractivity contribution is -0.125. The van der Waals surface area contributed by atoms with E-state index in [9.17, 15) is 9.59 Å². The quantitative estimate of drug-likeness (QED) is 0.600. The molecule has 3 heterocycles. The number of anilines is 2. The molecule has 2 amide bonds. The van der Waals surface area contributed by atoms with E-state index in [0.29, 0.717) is 33.0 Å². The summed E-state index contributed by atoms with van der Waals surface area (Å²) < 4.78 is 1.87. The molecular weight excluding hydrogens is 435 g/mol. The monoisotopic (exact) mass is 452 g/mol. The minimum absolute atomic E-state index is 0.0138. The molecule has 6 rings (SSSR count). The number of benzene rings is 2. The number of halogens is 2. The smallest absolute Gasteiger partial charge is 0.240 e. The van der Waals surface area contributed by atoms with Crippen molar-refractivity contribution in [1.82, 2.24) is 9.78 Å². The Morgan fingerprint density at radius 1 is 1.00 bits per heavy atom. The zero-order valence-electron chi connectivity index (χ0n) is 16.4. The number of nitrogens with zero attached hydrogens (tertiary/aromatic N) is 2. The predicted octanol–water partition coefficient (Wildman–Crippen LogP) is 4.77. The number of fused-ring (bicyclic) bond motifs is 4. The molecule has 1 fully saturated rings. The first kappa shape index (κ1) is 18.9. The van der Waals surface area contributed by atoms with Gasteiger partial charge in [-0.3, -0.25) is 9.59 Å². The Balaban J connectivity index is 1.54. The molecule has 3 aliphatic rings. The van der Waals surface area contributed by atoms with Crippen molar-refractivity contribution < 1.29 is 9.59 Å². The maximum Gasteiger partial charge on any atom is 0.240 e. The van der Waals surface area contributed by atoms with Gasteiger partial charge in [-0.05, 0) is 60.2 Å². The fourth-order valence-corrected chi connectivity index (χ4v) is 5.28. The molecule has 1 saturated carbocycles. The Morgan fingerprint density at radius 2 is 1.74 bits per heavy atom. The standard InChI is InChI=1S/C23H18Cl2N4O2/c24-14-5-3-13(4-6-14)20(12-1-2-12)29-21-17(11-26-29)23(10-19(30)28-21)16-9-15(25)7-8-18(16)27-22(23)31/h3-9,11-12,20H,1-2,10H2,(H,27,31)(H,28,30). The van der Waals surface area contributed by atoms with Crippen LogP contribution in [0.25, 0.3) is 0 Å². The van der Waals surface area contributed by atoms with Gasteiger partial charge in [0.2, 0.25) is 11.8 Å². The number of carbonyl (C=O) groups excluding carboxylic acids is 2. The lowest BCUT2D eigenvalue weighted by Gasteiger charge is -2.32. The minimum atomic E-state index is -1.13. The van der Waals surface area contributed by atoms with Crippen LogP contribution in [0.1, 0.15) is 42.0 Å². The SMILES string of the molecule is O=C1CC2(C(=O)Nc3ccc(Cl)cc32)c2cnn(C(c3ccc(Cl)cc3)C3CC3)c2N1. The number of hydrogen-bond donors (Lipinski definition) is 2. The number of aromatic nitrogens is 2. The second-order valence-corrected chi connectivity index (χ2v) is 9.33. The number of nitrogens with one attached hydrogen (secondary N) is 2. The van der Waals surface area contributed by atoms with Crippen molar-refractivity contribution in [3.63, 3.8) is 0 Å². The van der Waals surface area contributed by atoms with Crippen molar-refractivity contribution in [2.45, 2.75) is 30.7 Å². The summed E-state index contributed by atoms with van der Waals surface area (Å²) in [6.07, 6.45) is 3.90. The molecule has 31 heavy (non-hydrogen) atoms. The summed E-state index contributed by atoms with van der Waals surface area (Å²) in [5.41, 5.74) is 2.04. The molecule has 156 valence electrons. The van der Waals surface area contributed by atoms with Gasteiger partial charge in [-0.2, -0.15) is 5.10 Å². The van der Waals surface area contributed by atoms with Gasteiger partial charge in [0.05, 0.1) is 12.2 Å². The minimum Gasteiger partial charge on any atom is -0.325 e. The third-order valence-electron chi connectivity index (χ3n) is 6.56. The Hall–Kier alpha value is -2.83. The molecule has 0 saturated heterocycles. The van der Waals surface area contributed by atoms with Crippen LogP contribution in [-0.4, -0.2) is 21.6 Å². The highest BCUT2D eigenvalue weighted by atomic mass is 35.5. The number of rotatable bonds is 3. The topological polar surface area (TPSA) is 76.0 Å². The summed E-state index contributed by atoms with van der Waals surface area (Å²) in [6, 6.07) is 13.0. The average molecular weight is 453 g/mol. The van der Waals surface area contributed by atoms with Gasteiger partial charge in [0, 0.05) is 27.7 Å². The van der Waals surface area contributed by atoms with Crippen molar-refractivity contribution >= 4 is 46.5 Å². The Labute approximate surface area is 188 Å². The molecule has 6 nitrogen and oxygen atoms in total. The molecule has 2 aromatic carbocycles. The molecular formula is C23H18Cl2N4O2. The van der Waals surface area contributed by atoms with Crippen LogP contribution < -0.4 is 10.6 Å². The molecule has 2 atom stereocenters. The summed E-state index contributed by atoms with van der Waals surface area (Å²) in [5, 5.41) is 11.8. The molecule has 2 N–H and O–H groups in total. The van der Waals surface area contributed by atoms with E-state index in [0.717, 1.165) is 24.0 Å². The van der Waals surface area contributed by atoms with Gasteiger partial charge in [-0.25, -0.2) is 4.68 Å². The van der Waals surface area contributed by atoms with Gasteiger partial charge in [-0.15, -0.1) is 0 Å². The van der Waals surface area contributed by atoms with Crippen LogP contribution in [0.3, 0.4) is 0 Å². The lowest BCUT2D eigenvalue weighted by Crippen LogP contribution is -2.43. The van der Waals surface area contributed by atoms with E-state index >= 15 is 0 Å². The third kappa shape index (κ3) is 2.75. The van der Waals surface area contributed by atoms with E-state index in [-0.39, 0.29) is 24.3 Å². The van der Waals surface area contributed by atoms with Crippen LogP contribution in [0.4, 0.5) is 11.5 Å². The highest BCUT2D eigenvalue weighted by Crippen LogP contribution is 2.52. The number of carbonyl (C=O) groups is 2. The first-order valence-electron chi connectivity index (χ1n) is 10.2. The largest absolute Gasteiger partial charge is 0.325 e. The Kier molecular flexibility index (Phi) is 4.01. The summed E-state index contributed by atoms with van der Waals surface area (Å²) in [4.78, 5) is 26.2. The molecule has 0 radical (unpaired) electrons. The second kappa shape index (κ2) is 6.58. The fourth-order valence-electron chi connectivity index (χ4n) is 4.98. The molecule has 1 aromatic heterocycles. The van der Waals surface area contributed by atoms with E-state index in [1.165, 1.54) is 0 Å². The van der Waals surface area contributed by atoms with Gasteiger partial charge in [0.15, 0.2) is 0 Å². The number of hydrogen-bond acceptors (Lipinski definition) is 3. The van der Waals surface area contributed by atoms with Gasteiger partial charge >= 0.3 is 0 Å². The van der Waals surface area contributed by atoms with Gasteiger partial charge in [0.25, 0.3) is 0 Å². The predicted molar refractivity (Wildman–Crippen MR) is 119 cm³/mol. The van der Waals surface area contributed by atoms with Gasteiger partial charge in [-0.1, -0.05) is 35.3 Å². The summed E-state index contributed by atoms with van der Waals surface area (Å²) in [7, 11) is 0. The zero-order chi connectivity index (χ0) is 21.3. The van der Waals surface area contributed by atoms with Gasteiger partial charge < -0.3 is 10.6 Å². The van der Waals surface area contributed by atoms with E-state index in [1.807, 2.05) is 28.9 Å². The third-order valence-corrected chi connectivity index (χ3v) is 7.05. The fraction of sp³-hybridized carbons (Fsp3) is 0.261. The van der Waals surface area contributed by atoms with Crippen LogP contribution >= 0.6 is 23.2 Å². The van der Waals surface area contributed by atoms with Crippen LogP contribution in [0, 0.1) is 5.92 Å². The highest BCUT2D eigenvalue weighted by Gasteiger charge is 2.55. The Morgan fingerprint density at radius 3 is 2.48 bits per heavy atom. The van der Waals surface area contributed by atoms with Crippen molar-refractivity contribution in [2.24, 2.45) is 5.92 Å². The van der Waals surface area contributed by atoms with E-state index in [4.69, 9.17) is 28.3 Å². The van der Waals surface area contributed by atoms with E-state index in [1.54, 1.807) is 24.4 Å². The highest BCUT2D eigenvalue weighted by molar-refractivity contribution is 6.31. The maximum absolute atomic E-state index is 13.3. The average Bonchev–Trinajstić information content (AvgIpc) is 3.44. The first-order valence-corrected chi connectivity index (χ1v) is 11.0. The van der Waals surface area contributed by atoms with Gasteiger partial charge in [0.1, 0.15) is 11.2 Å². The first-order chi connectivity index (χ1) is 15.0. The van der Waals surface area contributed by atoms with Crippen molar-refractivity contribution in [1.29, 1.82) is 0 Å². The summed E-state index contributed by atoms with van der Waals surface area (Å²) in [6.45, 7) is 0. The molecule has 8 heteroatoms. The second-order valence-electron chi connectivity index (χ2n) is 8.46. The summed E-state index contributed by atoms with van der Waals surface area (Å²) in [5.74, 6) is 0.544. The van der Waals surface area contributed by atoms with Crippen LogP contribution in [0.2, 0.25) is 10.0 Å². The Bertz CT molecular complexity index is 1250. The molecule has 2 unspecified atom stereocenters. The maximum atomic E-state index is 13.3. The van der Waals surface area contributed by atoms with E-state index in [2.05, 4.69) is 10.6 Å². The number of amides is 2. The summed E-state index contributed by atoms with van der Waals surface area (Å²) >= 11 is 12.4. The molecule has 2 aliphatic heterocycles. The van der Waals surface area contributed by atoms with Crippen LogP contribution in [0.5, 0.6) is 0 Å². The van der Waals surface area contributed by atoms with Crippen LogP contribution in [-0.2, 0) is 15.0 Å². The normalized spacial score (nSPS) is 22.6. The van der Waals surface area contributed by atoms with Crippen molar-refractivity contribution in [3.05, 3.63) is 75.4 Å². The van der Waals surface area contributed by atoms with E-state index < -0.39 is 5.41 Å². The van der Waals surface area contributed by atoms with Crippen molar-refractivity contribution in [2.75, 3.05) is 10.6 Å². The zero-order valence-corrected chi connectivity index (χ0v) is 17.9. The van der Waals surface area contributed by atoms with Crippen molar-refractivity contribution in [3.8, 4) is 0 Å². The molecule has 3 aromatic rings. The molecule has 1 spiro atoms.